The van der Waals surface area contributed by atoms with E-state index >= 15 is 0 Å². The fourth-order valence-electron chi connectivity index (χ4n) is 3.49. The van der Waals surface area contributed by atoms with Crippen LogP contribution in [0.5, 0.6) is 0 Å². The minimum absolute atomic E-state index is 0.0531. The van der Waals surface area contributed by atoms with Crippen LogP contribution in [0, 0.1) is 5.92 Å². The fraction of sp³-hybridized carbons (Fsp3) is 0.556. The summed E-state index contributed by atoms with van der Waals surface area (Å²) in [6.07, 6.45) is 3.10. The van der Waals surface area contributed by atoms with E-state index in [1.54, 1.807) is 16.7 Å². The predicted molar refractivity (Wildman–Crippen MR) is 91.1 cm³/mol. The van der Waals surface area contributed by atoms with E-state index in [9.17, 15) is 14.4 Å². The third kappa shape index (κ3) is 3.49. The van der Waals surface area contributed by atoms with Crippen LogP contribution in [0.1, 0.15) is 41.6 Å². The Morgan fingerprint density at radius 2 is 2.00 bits per heavy atom. The maximum absolute atomic E-state index is 12.9. The second-order valence-electron chi connectivity index (χ2n) is 6.47. The van der Waals surface area contributed by atoms with Gasteiger partial charge in [0.25, 0.3) is 0 Å². The van der Waals surface area contributed by atoms with Crippen molar-refractivity contribution in [2.75, 3.05) is 26.2 Å². The van der Waals surface area contributed by atoms with Crippen molar-refractivity contribution >= 4 is 17.8 Å². The molecule has 2 aliphatic heterocycles. The molecule has 26 heavy (non-hydrogen) atoms. The second kappa shape index (κ2) is 7.72. The maximum Gasteiger partial charge on any atom is 0.360 e. The number of nitrogens with zero attached hydrogens (tertiary/aromatic N) is 3. The molecule has 140 valence electrons. The number of carbonyl (C=O) groups excluding carboxylic acids is 3. The van der Waals surface area contributed by atoms with Crippen LogP contribution >= 0.6 is 0 Å². The van der Waals surface area contributed by atoms with Crippen LogP contribution in [0.15, 0.2) is 17.2 Å². The number of piperidine rings is 1. The van der Waals surface area contributed by atoms with Crippen molar-refractivity contribution in [3.63, 3.8) is 0 Å². The lowest BCUT2D eigenvalue weighted by Crippen LogP contribution is -2.45. The Hall–Kier alpha value is -2.64. The monoisotopic (exact) mass is 361 g/mol. The summed E-state index contributed by atoms with van der Waals surface area (Å²) in [7, 11) is 0. The first kappa shape index (κ1) is 18.2. The van der Waals surface area contributed by atoms with E-state index < -0.39 is 5.97 Å². The number of carbonyl (C=O) groups is 3. The maximum atomic E-state index is 12.9. The summed E-state index contributed by atoms with van der Waals surface area (Å²) in [6, 6.07) is 0. The van der Waals surface area contributed by atoms with Gasteiger partial charge in [-0.1, -0.05) is 11.7 Å². The average Bonchev–Trinajstić information content (AvgIpc) is 3.10. The summed E-state index contributed by atoms with van der Waals surface area (Å²) in [5, 5.41) is 3.82. The van der Waals surface area contributed by atoms with E-state index in [0.29, 0.717) is 56.8 Å². The molecule has 0 saturated carbocycles. The van der Waals surface area contributed by atoms with E-state index in [1.807, 2.05) is 0 Å². The Morgan fingerprint density at radius 3 is 2.65 bits per heavy atom. The van der Waals surface area contributed by atoms with Crippen molar-refractivity contribution < 1.29 is 23.6 Å². The molecule has 0 spiro atoms. The van der Waals surface area contributed by atoms with Gasteiger partial charge in [0.05, 0.1) is 13.2 Å². The van der Waals surface area contributed by atoms with Crippen molar-refractivity contribution in [2.45, 2.75) is 32.7 Å². The summed E-state index contributed by atoms with van der Waals surface area (Å²) >= 11 is 0. The Bertz CT molecular complexity index is 718. The number of esters is 1. The largest absolute Gasteiger partial charge is 0.461 e. The van der Waals surface area contributed by atoms with Gasteiger partial charge in [0, 0.05) is 37.5 Å². The molecule has 0 aromatic carbocycles. The van der Waals surface area contributed by atoms with Crippen LogP contribution in [-0.4, -0.2) is 59.0 Å². The van der Waals surface area contributed by atoms with Gasteiger partial charge in [-0.2, -0.15) is 0 Å². The van der Waals surface area contributed by atoms with Crippen LogP contribution in [0.3, 0.4) is 0 Å². The molecule has 2 amide bonds. The number of aromatic nitrogens is 1. The molecule has 0 atom stereocenters. The lowest BCUT2D eigenvalue weighted by Gasteiger charge is -2.35. The predicted octanol–water partition coefficient (Wildman–Crippen LogP) is 1.16. The van der Waals surface area contributed by atoms with Crippen molar-refractivity contribution in [2.24, 2.45) is 5.92 Å². The number of fused-ring (bicyclic) bond motifs is 1. The van der Waals surface area contributed by atoms with Gasteiger partial charge >= 0.3 is 5.97 Å². The molecule has 8 nitrogen and oxygen atoms in total. The standard InChI is InChI=1S/C18H23N3O5/c1-3-15(22)20-8-5-12(6-9-20)17(23)21-10-7-14-13(11-21)16(19-26-14)18(24)25-4-2/h3,12H,1,4-11H2,2H3. The summed E-state index contributed by atoms with van der Waals surface area (Å²) in [4.78, 5) is 40.0. The van der Waals surface area contributed by atoms with Gasteiger partial charge in [0.15, 0.2) is 5.69 Å². The van der Waals surface area contributed by atoms with E-state index in [1.165, 1.54) is 6.08 Å². The molecule has 3 heterocycles. The number of ether oxygens (including phenoxy) is 1. The average molecular weight is 361 g/mol. The lowest BCUT2D eigenvalue weighted by molar-refractivity contribution is -0.140. The smallest absolute Gasteiger partial charge is 0.360 e. The van der Waals surface area contributed by atoms with Crippen LogP contribution in [0.4, 0.5) is 0 Å². The first-order valence-corrected chi connectivity index (χ1v) is 8.89. The van der Waals surface area contributed by atoms with Gasteiger partial charge in [0.1, 0.15) is 5.76 Å². The number of amides is 2. The first-order chi connectivity index (χ1) is 12.5. The Kier molecular flexibility index (Phi) is 5.39. The quantitative estimate of drug-likeness (QED) is 0.590. The van der Waals surface area contributed by atoms with Crippen LogP contribution in [-0.2, 0) is 27.3 Å². The van der Waals surface area contributed by atoms with Crippen molar-refractivity contribution in [3.8, 4) is 0 Å². The van der Waals surface area contributed by atoms with Crippen molar-refractivity contribution in [1.29, 1.82) is 0 Å². The topological polar surface area (TPSA) is 93.0 Å². The molecule has 0 radical (unpaired) electrons. The fourth-order valence-corrected chi connectivity index (χ4v) is 3.49. The summed E-state index contributed by atoms with van der Waals surface area (Å²) in [5.74, 6) is -0.0395. The lowest BCUT2D eigenvalue weighted by atomic mass is 9.94. The van der Waals surface area contributed by atoms with Crippen LogP contribution < -0.4 is 0 Å². The van der Waals surface area contributed by atoms with Gasteiger partial charge in [-0.25, -0.2) is 4.79 Å². The Balaban J connectivity index is 1.64. The van der Waals surface area contributed by atoms with Crippen LogP contribution in [0.25, 0.3) is 0 Å². The molecule has 1 saturated heterocycles. The third-order valence-corrected chi connectivity index (χ3v) is 4.94. The van der Waals surface area contributed by atoms with E-state index in [-0.39, 0.29) is 30.0 Å². The van der Waals surface area contributed by atoms with E-state index in [2.05, 4.69) is 11.7 Å². The number of likely N-dealkylation sites (tertiary alicyclic amines) is 1. The Morgan fingerprint density at radius 1 is 1.27 bits per heavy atom. The molecule has 1 aromatic rings. The molecule has 0 unspecified atom stereocenters. The highest BCUT2D eigenvalue weighted by molar-refractivity contribution is 5.89. The van der Waals surface area contributed by atoms with Crippen molar-refractivity contribution in [3.05, 3.63) is 29.7 Å². The van der Waals surface area contributed by atoms with Crippen LogP contribution in [0.2, 0.25) is 0 Å². The normalized spacial score (nSPS) is 17.6. The summed E-state index contributed by atoms with van der Waals surface area (Å²) in [6.45, 7) is 7.43. The molecule has 2 aliphatic rings. The molecule has 0 aliphatic carbocycles. The molecular weight excluding hydrogens is 338 g/mol. The zero-order valence-electron chi connectivity index (χ0n) is 14.9. The number of hydrogen-bond acceptors (Lipinski definition) is 6. The van der Waals surface area contributed by atoms with Gasteiger partial charge in [0.2, 0.25) is 11.8 Å². The SMILES string of the molecule is C=CC(=O)N1CCC(C(=O)N2CCc3onc(C(=O)OCC)c3C2)CC1. The molecule has 0 bridgehead atoms. The molecule has 8 heteroatoms. The summed E-state index contributed by atoms with van der Waals surface area (Å²) < 4.78 is 10.2. The van der Waals surface area contributed by atoms with Crippen molar-refractivity contribution in [1.82, 2.24) is 15.0 Å². The summed E-state index contributed by atoms with van der Waals surface area (Å²) in [5.41, 5.74) is 0.799. The molecule has 3 rings (SSSR count). The molecule has 1 fully saturated rings. The third-order valence-electron chi connectivity index (χ3n) is 4.94. The Labute approximate surface area is 151 Å². The zero-order chi connectivity index (χ0) is 18.7. The first-order valence-electron chi connectivity index (χ1n) is 8.89. The van der Waals surface area contributed by atoms with E-state index in [4.69, 9.17) is 9.26 Å². The molecule has 0 N–H and O–H groups in total. The second-order valence-corrected chi connectivity index (χ2v) is 6.47. The molecule has 1 aromatic heterocycles. The highest BCUT2D eigenvalue weighted by Gasteiger charge is 2.34. The number of hydrogen-bond donors (Lipinski definition) is 0. The highest BCUT2D eigenvalue weighted by atomic mass is 16.5. The highest BCUT2D eigenvalue weighted by Crippen LogP contribution is 2.27. The zero-order valence-corrected chi connectivity index (χ0v) is 14.9. The van der Waals surface area contributed by atoms with Gasteiger partial charge in [-0.3, -0.25) is 9.59 Å². The minimum atomic E-state index is -0.525. The van der Waals surface area contributed by atoms with Gasteiger partial charge in [-0.05, 0) is 25.8 Å². The number of rotatable bonds is 4. The molecular formula is C18H23N3O5. The van der Waals surface area contributed by atoms with Gasteiger partial charge in [-0.15, -0.1) is 0 Å². The minimum Gasteiger partial charge on any atom is -0.461 e. The van der Waals surface area contributed by atoms with Gasteiger partial charge < -0.3 is 19.1 Å². The van der Waals surface area contributed by atoms with E-state index in [0.717, 1.165) is 0 Å².